The van der Waals surface area contributed by atoms with E-state index in [1.165, 1.54) is 0 Å². The molecule has 5 nitrogen and oxygen atoms in total. The van der Waals surface area contributed by atoms with Crippen LogP contribution in [0.3, 0.4) is 0 Å². The second-order valence-corrected chi connectivity index (χ2v) is 6.88. The van der Waals surface area contributed by atoms with E-state index >= 15 is 0 Å². The topological polar surface area (TPSA) is 75.3 Å². The van der Waals surface area contributed by atoms with E-state index in [2.05, 4.69) is 10.6 Å². The minimum atomic E-state index is -3.14. The van der Waals surface area contributed by atoms with Crippen molar-refractivity contribution < 1.29 is 13.2 Å². The second kappa shape index (κ2) is 5.16. The third-order valence-corrected chi connectivity index (χ3v) is 5.01. The summed E-state index contributed by atoms with van der Waals surface area (Å²) in [5.74, 6) is -0.200. The number of benzene rings is 1. The van der Waals surface area contributed by atoms with Crippen LogP contribution in [-0.2, 0) is 9.84 Å². The molecule has 2 rings (SSSR count). The largest absolute Gasteiger partial charge is 0.333 e. The molecule has 0 aromatic heterocycles. The van der Waals surface area contributed by atoms with Crippen LogP contribution in [-0.4, -0.2) is 37.4 Å². The van der Waals surface area contributed by atoms with Crippen molar-refractivity contribution in [1.82, 2.24) is 5.32 Å². The first kappa shape index (κ1) is 13.2. The molecule has 2 N–H and O–H groups in total. The zero-order chi connectivity index (χ0) is 13.2. The van der Waals surface area contributed by atoms with Gasteiger partial charge in [-0.05, 0) is 12.1 Å². The number of anilines is 1. The molecule has 2 atom stereocenters. The highest BCUT2D eigenvalue weighted by molar-refractivity contribution is 7.91. The van der Waals surface area contributed by atoms with Crippen molar-refractivity contribution in [2.75, 3.05) is 16.8 Å². The summed E-state index contributed by atoms with van der Waals surface area (Å²) in [6.07, 6.45) is 0. The highest BCUT2D eigenvalue weighted by atomic mass is 35.5. The fourth-order valence-electron chi connectivity index (χ4n) is 1.79. The molecule has 1 heterocycles. The van der Waals surface area contributed by atoms with E-state index in [4.69, 9.17) is 11.6 Å². The molecule has 7 heteroatoms. The lowest BCUT2D eigenvalue weighted by Gasteiger charge is -2.14. The summed E-state index contributed by atoms with van der Waals surface area (Å²) in [6.45, 7) is 0. The van der Waals surface area contributed by atoms with Gasteiger partial charge in [0.2, 0.25) is 0 Å². The predicted molar refractivity (Wildman–Crippen MR) is 70.7 cm³/mol. The molecule has 1 saturated heterocycles. The molecule has 0 bridgehead atoms. The highest BCUT2D eigenvalue weighted by Gasteiger charge is 2.37. The summed E-state index contributed by atoms with van der Waals surface area (Å²) in [6, 6.07) is 7.91. The molecule has 1 aliphatic rings. The predicted octanol–water partition coefficient (Wildman–Crippen LogP) is 1.21. The number of carbonyl (C=O) groups is 1. The smallest absolute Gasteiger partial charge is 0.319 e. The van der Waals surface area contributed by atoms with Crippen molar-refractivity contribution in [3.05, 3.63) is 30.3 Å². The third kappa shape index (κ3) is 3.36. The Morgan fingerprint density at radius 1 is 1.22 bits per heavy atom. The summed E-state index contributed by atoms with van der Waals surface area (Å²) in [5.41, 5.74) is 0.641. The van der Waals surface area contributed by atoms with Crippen LogP contribution in [0.2, 0.25) is 0 Å². The van der Waals surface area contributed by atoms with Crippen molar-refractivity contribution in [2.45, 2.75) is 11.4 Å². The van der Waals surface area contributed by atoms with Crippen molar-refractivity contribution in [3.63, 3.8) is 0 Å². The number of para-hydroxylation sites is 1. The van der Waals surface area contributed by atoms with Crippen LogP contribution in [0.1, 0.15) is 0 Å². The van der Waals surface area contributed by atoms with E-state index < -0.39 is 27.3 Å². The lowest BCUT2D eigenvalue weighted by molar-refractivity contribution is 0.249. The molecule has 1 fully saturated rings. The first-order chi connectivity index (χ1) is 8.46. The zero-order valence-electron chi connectivity index (χ0n) is 9.47. The summed E-state index contributed by atoms with van der Waals surface area (Å²) < 4.78 is 22.7. The lowest BCUT2D eigenvalue weighted by atomic mass is 10.2. The summed E-state index contributed by atoms with van der Waals surface area (Å²) >= 11 is 5.89. The Kier molecular flexibility index (Phi) is 3.77. The maximum absolute atomic E-state index is 11.6. The minimum absolute atomic E-state index is 0.0924. The van der Waals surface area contributed by atoms with Crippen LogP contribution in [0.15, 0.2) is 30.3 Å². The molecule has 1 aromatic carbocycles. The van der Waals surface area contributed by atoms with E-state index in [9.17, 15) is 13.2 Å². The maximum Gasteiger partial charge on any atom is 0.319 e. The monoisotopic (exact) mass is 288 g/mol. The molecular weight excluding hydrogens is 276 g/mol. The quantitative estimate of drug-likeness (QED) is 0.803. The van der Waals surface area contributed by atoms with Gasteiger partial charge < -0.3 is 10.6 Å². The zero-order valence-corrected chi connectivity index (χ0v) is 11.0. The van der Waals surface area contributed by atoms with Gasteiger partial charge in [0.1, 0.15) is 0 Å². The van der Waals surface area contributed by atoms with Crippen LogP contribution in [0.5, 0.6) is 0 Å². The first-order valence-corrected chi connectivity index (χ1v) is 7.69. The maximum atomic E-state index is 11.6. The minimum Gasteiger partial charge on any atom is -0.333 e. The molecule has 0 spiro atoms. The number of hydrogen-bond donors (Lipinski definition) is 2. The van der Waals surface area contributed by atoms with E-state index in [1.807, 2.05) is 6.07 Å². The Balaban J connectivity index is 1.93. The molecule has 1 aromatic rings. The molecule has 98 valence electrons. The summed E-state index contributed by atoms with van der Waals surface area (Å²) in [5, 5.41) is 4.61. The average Bonchev–Trinajstić information content (AvgIpc) is 2.53. The van der Waals surface area contributed by atoms with Gasteiger partial charge in [-0.15, -0.1) is 11.6 Å². The van der Waals surface area contributed by atoms with Gasteiger partial charge in [-0.2, -0.15) is 0 Å². The Bertz CT molecular complexity index is 532. The average molecular weight is 289 g/mol. The molecule has 0 aliphatic carbocycles. The molecule has 0 radical (unpaired) electrons. The number of carbonyl (C=O) groups excluding carboxylic acids is 1. The van der Waals surface area contributed by atoms with E-state index in [1.54, 1.807) is 24.3 Å². The fourth-order valence-corrected chi connectivity index (χ4v) is 4.34. The fraction of sp³-hybridized carbons (Fsp3) is 0.364. The van der Waals surface area contributed by atoms with Crippen molar-refractivity contribution >= 4 is 33.2 Å². The van der Waals surface area contributed by atoms with E-state index in [0.29, 0.717) is 5.69 Å². The van der Waals surface area contributed by atoms with Gasteiger partial charge >= 0.3 is 6.03 Å². The van der Waals surface area contributed by atoms with Gasteiger partial charge in [0.25, 0.3) is 0 Å². The molecule has 2 amide bonds. The highest BCUT2D eigenvalue weighted by Crippen LogP contribution is 2.18. The van der Waals surface area contributed by atoms with Crippen molar-refractivity contribution in [1.29, 1.82) is 0 Å². The van der Waals surface area contributed by atoms with Gasteiger partial charge in [-0.25, -0.2) is 13.2 Å². The van der Waals surface area contributed by atoms with Gasteiger partial charge in [0, 0.05) is 5.69 Å². The number of halogens is 1. The first-order valence-electron chi connectivity index (χ1n) is 5.43. The third-order valence-electron chi connectivity index (χ3n) is 2.63. The Morgan fingerprint density at radius 2 is 1.89 bits per heavy atom. The van der Waals surface area contributed by atoms with Crippen molar-refractivity contribution in [3.8, 4) is 0 Å². The van der Waals surface area contributed by atoms with Crippen LogP contribution in [0.25, 0.3) is 0 Å². The van der Waals surface area contributed by atoms with Crippen LogP contribution in [0, 0.1) is 0 Å². The lowest BCUT2D eigenvalue weighted by Crippen LogP contribution is -2.42. The molecule has 1 aliphatic heterocycles. The van der Waals surface area contributed by atoms with E-state index in [0.717, 1.165) is 0 Å². The number of rotatable bonds is 2. The number of hydrogen-bond acceptors (Lipinski definition) is 3. The Hall–Kier alpha value is -1.27. The molecule has 18 heavy (non-hydrogen) atoms. The molecular formula is C11H13ClN2O3S. The van der Waals surface area contributed by atoms with Crippen LogP contribution >= 0.6 is 11.6 Å². The standard InChI is InChI=1S/C11H13ClN2O3S/c12-9-6-18(16,17)7-10(9)14-11(15)13-8-4-2-1-3-5-8/h1-5,9-10H,6-7H2,(H2,13,14,15). The molecule has 0 saturated carbocycles. The number of nitrogens with one attached hydrogen (secondary N) is 2. The number of alkyl halides is 1. The summed E-state index contributed by atoms with van der Waals surface area (Å²) in [4.78, 5) is 11.6. The van der Waals surface area contributed by atoms with E-state index in [-0.39, 0.29) is 11.5 Å². The number of sulfone groups is 1. The Labute approximate surface area is 110 Å². The summed E-state index contributed by atoms with van der Waals surface area (Å²) in [7, 11) is -3.14. The number of amides is 2. The van der Waals surface area contributed by atoms with Crippen molar-refractivity contribution in [2.24, 2.45) is 0 Å². The van der Waals surface area contributed by atoms with Crippen LogP contribution < -0.4 is 10.6 Å². The van der Waals surface area contributed by atoms with Gasteiger partial charge in [0.05, 0.1) is 22.9 Å². The Morgan fingerprint density at radius 3 is 2.44 bits per heavy atom. The molecule has 2 unspecified atom stereocenters. The normalized spacial score (nSPS) is 25.6. The second-order valence-electron chi connectivity index (χ2n) is 4.16. The number of urea groups is 1. The van der Waals surface area contributed by atoms with Gasteiger partial charge in [-0.1, -0.05) is 18.2 Å². The van der Waals surface area contributed by atoms with Crippen LogP contribution in [0.4, 0.5) is 10.5 Å². The SMILES string of the molecule is O=C(Nc1ccccc1)NC1CS(=O)(=O)CC1Cl. The van der Waals surface area contributed by atoms with Gasteiger partial charge in [0.15, 0.2) is 9.84 Å². The van der Waals surface area contributed by atoms with Gasteiger partial charge in [-0.3, -0.25) is 0 Å².